The molecule has 0 radical (unpaired) electrons. The molecule has 0 spiro atoms. The van der Waals surface area contributed by atoms with Crippen LogP contribution in [0.15, 0.2) is 36.4 Å². The number of likely N-dealkylation sites (tertiary alicyclic amines) is 1. The zero-order valence-corrected chi connectivity index (χ0v) is 22.4. The predicted octanol–water partition coefficient (Wildman–Crippen LogP) is 3.41. The van der Waals surface area contributed by atoms with Crippen LogP contribution >= 0.6 is 12.2 Å². The number of aryl methyl sites for hydroxylation is 1. The minimum atomic E-state index is -4.61. The van der Waals surface area contributed by atoms with Crippen molar-refractivity contribution in [1.82, 2.24) is 20.9 Å². The molecule has 0 aliphatic carbocycles. The molecule has 1 aliphatic heterocycles. The van der Waals surface area contributed by atoms with Crippen LogP contribution in [0, 0.1) is 6.92 Å². The summed E-state index contributed by atoms with van der Waals surface area (Å²) in [4.78, 5) is 27.0. The number of rotatable bonds is 8. The molecule has 2 amide bonds. The first-order valence-corrected chi connectivity index (χ1v) is 12.7. The van der Waals surface area contributed by atoms with Crippen molar-refractivity contribution in [1.29, 1.82) is 0 Å². The molecule has 0 saturated carbocycles. The standard InChI is InChI=1S/C26H33F3N6O2S/c1-15(2)32-25(38)34-22-10-17(5-4-16(22)3)13-35-9-8-19(14-35)33-23(36)12-31-24(37)20-11-18(26(27,28)29)6-7-21(20)30/h4-7,10-11,15,19H,8-9,12-14,30H2,1-3H3,(H,31,37)(H,33,36)(H2,32,34,38)/t19-/m0/s1. The van der Waals surface area contributed by atoms with Gasteiger partial charge in [-0.1, -0.05) is 12.1 Å². The summed E-state index contributed by atoms with van der Waals surface area (Å²) in [6, 6.07) is 8.77. The van der Waals surface area contributed by atoms with Crippen molar-refractivity contribution >= 4 is 40.5 Å². The van der Waals surface area contributed by atoms with Crippen LogP contribution in [0.2, 0.25) is 0 Å². The smallest absolute Gasteiger partial charge is 0.398 e. The number of hydrogen-bond donors (Lipinski definition) is 5. The summed E-state index contributed by atoms with van der Waals surface area (Å²) in [6.07, 6.45) is -3.87. The van der Waals surface area contributed by atoms with Crippen LogP contribution in [0.4, 0.5) is 24.5 Å². The number of nitrogens with zero attached hydrogens (tertiary/aromatic N) is 1. The molecule has 2 aromatic carbocycles. The van der Waals surface area contributed by atoms with E-state index in [-0.39, 0.29) is 29.9 Å². The molecule has 12 heteroatoms. The number of amides is 2. The predicted molar refractivity (Wildman–Crippen MR) is 146 cm³/mol. The molecule has 0 bridgehead atoms. The van der Waals surface area contributed by atoms with Gasteiger partial charge in [0.25, 0.3) is 5.91 Å². The number of anilines is 2. The van der Waals surface area contributed by atoms with Crippen molar-refractivity contribution in [2.24, 2.45) is 0 Å². The third-order valence-electron chi connectivity index (χ3n) is 6.05. The summed E-state index contributed by atoms with van der Waals surface area (Å²) in [5.41, 5.74) is 7.35. The monoisotopic (exact) mass is 550 g/mol. The van der Waals surface area contributed by atoms with Gasteiger partial charge in [-0.15, -0.1) is 0 Å². The lowest BCUT2D eigenvalue weighted by atomic mass is 10.1. The van der Waals surface area contributed by atoms with E-state index < -0.39 is 23.6 Å². The van der Waals surface area contributed by atoms with E-state index in [1.54, 1.807) is 0 Å². The van der Waals surface area contributed by atoms with Gasteiger partial charge in [0.05, 0.1) is 17.7 Å². The van der Waals surface area contributed by atoms with Gasteiger partial charge >= 0.3 is 6.18 Å². The van der Waals surface area contributed by atoms with Gasteiger partial charge in [0.1, 0.15) is 0 Å². The molecular weight excluding hydrogens is 517 g/mol. The molecule has 0 unspecified atom stereocenters. The number of nitrogens with one attached hydrogen (secondary N) is 4. The Kier molecular flexibility index (Phi) is 9.55. The first-order chi connectivity index (χ1) is 17.8. The van der Waals surface area contributed by atoms with Crippen LogP contribution in [0.5, 0.6) is 0 Å². The summed E-state index contributed by atoms with van der Waals surface area (Å²) >= 11 is 5.36. The summed E-state index contributed by atoms with van der Waals surface area (Å²) in [5, 5.41) is 12.2. The Labute approximate surface area is 225 Å². The third kappa shape index (κ3) is 8.32. The van der Waals surface area contributed by atoms with Gasteiger partial charge in [0, 0.05) is 43.1 Å². The van der Waals surface area contributed by atoms with E-state index in [0.717, 1.165) is 41.9 Å². The zero-order chi connectivity index (χ0) is 28.0. The summed E-state index contributed by atoms with van der Waals surface area (Å²) < 4.78 is 38.9. The maximum absolute atomic E-state index is 13.0. The van der Waals surface area contributed by atoms with Crippen LogP contribution in [0.1, 0.15) is 47.3 Å². The Morgan fingerprint density at radius 1 is 1.18 bits per heavy atom. The maximum Gasteiger partial charge on any atom is 0.416 e. The van der Waals surface area contributed by atoms with Crippen LogP contribution < -0.4 is 27.0 Å². The SMILES string of the molecule is Cc1ccc(CN2CC[C@H](NC(=O)CNC(=O)c3cc(C(F)(F)F)ccc3N)C2)cc1NC(=S)NC(C)C. The molecule has 6 N–H and O–H groups in total. The van der Waals surface area contributed by atoms with E-state index >= 15 is 0 Å². The molecule has 206 valence electrons. The van der Waals surface area contributed by atoms with Crippen LogP contribution in [-0.4, -0.2) is 53.5 Å². The molecule has 8 nitrogen and oxygen atoms in total. The fourth-order valence-corrected chi connectivity index (χ4v) is 4.48. The van der Waals surface area contributed by atoms with E-state index in [0.29, 0.717) is 24.3 Å². The van der Waals surface area contributed by atoms with Crippen molar-refractivity contribution in [3.63, 3.8) is 0 Å². The molecule has 1 atom stereocenters. The summed E-state index contributed by atoms with van der Waals surface area (Å²) in [5.74, 6) is -1.27. The largest absolute Gasteiger partial charge is 0.416 e. The molecule has 38 heavy (non-hydrogen) atoms. The Bertz CT molecular complexity index is 1190. The van der Waals surface area contributed by atoms with Gasteiger partial charge in [0.2, 0.25) is 5.91 Å². The molecule has 1 heterocycles. The lowest BCUT2D eigenvalue weighted by Crippen LogP contribution is -2.43. The molecule has 1 aliphatic rings. The number of nitrogens with two attached hydrogens (primary N) is 1. The van der Waals surface area contributed by atoms with E-state index in [9.17, 15) is 22.8 Å². The highest BCUT2D eigenvalue weighted by atomic mass is 32.1. The highest BCUT2D eigenvalue weighted by Gasteiger charge is 2.31. The fraction of sp³-hybridized carbons (Fsp3) is 0.423. The summed E-state index contributed by atoms with van der Waals surface area (Å²) in [6.45, 7) is 7.76. The van der Waals surface area contributed by atoms with E-state index in [1.165, 1.54) is 0 Å². The first kappa shape index (κ1) is 29.2. The Balaban J connectivity index is 1.49. The van der Waals surface area contributed by atoms with E-state index in [1.807, 2.05) is 26.8 Å². The van der Waals surface area contributed by atoms with Gasteiger partial charge < -0.3 is 27.0 Å². The fourth-order valence-electron chi connectivity index (χ4n) is 4.14. The second kappa shape index (κ2) is 12.4. The Morgan fingerprint density at radius 3 is 2.61 bits per heavy atom. The first-order valence-electron chi connectivity index (χ1n) is 12.3. The molecule has 3 rings (SSSR count). The van der Waals surface area contributed by atoms with Crippen molar-refractivity contribution < 1.29 is 22.8 Å². The highest BCUT2D eigenvalue weighted by Crippen LogP contribution is 2.31. The van der Waals surface area contributed by atoms with Crippen LogP contribution in [-0.2, 0) is 17.5 Å². The van der Waals surface area contributed by atoms with Gasteiger partial charge in [-0.3, -0.25) is 14.5 Å². The average Bonchev–Trinajstić information content (AvgIpc) is 3.25. The number of carbonyl (C=O) groups is 2. The quantitative estimate of drug-likeness (QED) is 0.253. The minimum absolute atomic E-state index is 0.102. The third-order valence-corrected chi connectivity index (χ3v) is 6.27. The molecular formula is C26H33F3N6O2S. The van der Waals surface area contributed by atoms with Crippen molar-refractivity contribution in [3.05, 3.63) is 58.7 Å². The Hall–Kier alpha value is -3.38. The second-order valence-electron chi connectivity index (χ2n) is 9.67. The minimum Gasteiger partial charge on any atom is -0.398 e. The van der Waals surface area contributed by atoms with E-state index in [2.05, 4.69) is 38.3 Å². The van der Waals surface area contributed by atoms with Gasteiger partial charge in [-0.2, -0.15) is 13.2 Å². The highest BCUT2D eigenvalue weighted by molar-refractivity contribution is 7.80. The lowest BCUT2D eigenvalue weighted by molar-refractivity contribution is -0.137. The lowest BCUT2D eigenvalue weighted by Gasteiger charge is -2.19. The zero-order valence-electron chi connectivity index (χ0n) is 21.5. The molecule has 1 saturated heterocycles. The molecule has 2 aromatic rings. The topological polar surface area (TPSA) is 112 Å². The van der Waals surface area contributed by atoms with E-state index in [4.69, 9.17) is 18.0 Å². The van der Waals surface area contributed by atoms with Gasteiger partial charge in [-0.05, 0) is 74.8 Å². The number of halogens is 3. The van der Waals surface area contributed by atoms with Crippen LogP contribution in [0.3, 0.4) is 0 Å². The van der Waals surface area contributed by atoms with Gasteiger partial charge in [0.15, 0.2) is 5.11 Å². The van der Waals surface area contributed by atoms with Crippen LogP contribution in [0.25, 0.3) is 0 Å². The maximum atomic E-state index is 13.0. The number of alkyl halides is 3. The van der Waals surface area contributed by atoms with Gasteiger partial charge in [-0.25, -0.2) is 0 Å². The van der Waals surface area contributed by atoms with Crippen molar-refractivity contribution in [2.75, 3.05) is 30.7 Å². The normalized spacial score (nSPS) is 15.8. The number of hydrogen-bond acceptors (Lipinski definition) is 5. The number of benzene rings is 2. The molecule has 1 fully saturated rings. The second-order valence-corrected chi connectivity index (χ2v) is 10.1. The molecule has 0 aromatic heterocycles. The Morgan fingerprint density at radius 2 is 1.92 bits per heavy atom. The average molecular weight is 551 g/mol. The number of thiocarbonyl (C=S) groups is 1. The number of nitrogen functional groups attached to an aromatic ring is 1. The van der Waals surface area contributed by atoms with Crippen molar-refractivity contribution in [3.8, 4) is 0 Å². The summed E-state index contributed by atoms with van der Waals surface area (Å²) in [7, 11) is 0. The number of carbonyl (C=O) groups excluding carboxylic acids is 2. The van der Waals surface area contributed by atoms with Crippen molar-refractivity contribution in [2.45, 2.75) is 52.0 Å².